The SMILES string of the molecule is COc1ccc(OCCC(=O)N[C@@H](Cc2ccc3c(c2)OCCO3)CN2CCC(C)CC2)cc1. The van der Waals surface area contributed by atoms with Gasteiger partial charge in [-0.05, 0) is 80.2 Å². The van der Waals surface area contributed by atoms with Gasteiger partial charge in [-0.2, -0.15) is 0 Å². The number of rotatable bonds is 10. The van der Waals surface area contributed by atoms with Crippen LogP contribution in [0, 0.1) is 5.92 Å². The molecule has 1 atom stereocenters. The van der Waals surface area contributed by atoms with E-state index >= 15 is 0 Å². The molecule has 2 aromatic rings. The van der Waals surface area contributed by atoms with Gasteiger partial charge in [0.25, 0.3) is 0 Å². The second kappa shape index (κ2) is 12.0. The Balaban J connectivity index is 1.33. The fourth-order valence-electron chi connectivity index (χ4n) is 4.45. The van der Waals surface area contributed by atoms with Gasteiger partial charge in [0.1, 0.15) is 24.7 Å². The van der Waals surface area contributed by atoms with E-state index in [0.717, 1.165) is 60.5 Å². The van der Waals surface area contributed by atoms with Crippen LogP contribution in [0.4, 0.5) is 0 Å². The number of hydrogen-bond donors (Lipinski definition) is 1. The van der Waals surface area contributed by atoms with Crippen LogP contribution >= 0.6 is 0 Å². The average molecular weight is 469 g/mol. The highest BCUT2D eigenvalue weighted by atomic mass is 16.6. The summed E-state index contributed by atoms with van der Waals surface area (Å²) in [7, 11) is 1.63. The molecule has 1 saturated heterocycles. The van der Waals surface area contributed by atoms with Crippen molar-refractivity contribution in [1.29, 1.82) is 0 Å². The Bertz CT molecular complexity index is 925. The quantitative estimate of drug-likeness (QED) is 0.574. The van der Waals surface area contributed by atoms with Crippen molar-refractivity contribution in [3.8, 4) is 23.0 Å². The number of likely N-dealkylation sites (tertiary alicyclic amines) is 1. The number of benzene rings is 2. The fraction of sp³-hybridized carbons (Fsp3) is 0.519. The first-order valence-electron chi connectivity index (χ1n) is 12.3. The van der Waals surface area contributed by atoms with E-state index in [1.807, 2.05) is 36.4 Å². The number of methoxy groups -OCH3 is 1. The number of carbonyl (C=O) groups excluding carboxylic acids is 1. The number of nitrogens with one attached hydrogen (secondary N) is 1. The standard InChI is InChI=1S/C27H36N2O5/c1-20-9-12-29(13-10-20)19-22(17-21-3-8-25-26(18-21)34-16-15-33-25)28-27(30)11-14-32-24-6-4-23(31-2)5-7-24/h3-8,18,20,22H,9-17,19H2,1-2H3,(H,28,30)/t22-/m0/s1. The van der Waals surface area contributed by atoms with Gasteiger partial charge < -0.3 is 29.2 Å². The molecule has 184 valence electrons. The zero-order valence-corrected chi connectivity index (χ0v) is 20.3. The van der Waals surface area contributed by atoms with Crippen LogP contribution in [0.2, 0.25) is 0 Å². The van der Waals surface area contributed by atoms with Crippen molar-refractivity contribution in [1.82, 2.24) is 10.2 Å². The van der Waals surface area contributed by atoms with Crippen LogP contribution in [-0.4, -0.2) is 63.4 Å². The van der Waals surface area contributed by atoms with Gasteiger partial charge in [-0.15, -0.1) is 0 Å². The molecular formula is C27H36N2O5. The molecule has 0 bridgehead atoms. The van der Waals surface area contributed by atoms with E-state index in [1.165, 1.54) is 12.8 Å². The summed E-state index contributed by atoms with van der Waals surface area (Å²) in [4.78, 5) is 15.3. The largest absolute Gasteiger partial charge is 0.497 e. The lowest BCUT2D eigenvalue weighted by Crippen LogP contribution is -2.47. The molecule has 0 saturated carbocycles. The first kappa shape index (κ1) is 24.2. The number of hydrogen-bond acceptors (Lipinski definition) is 6. The van der Waals surface area contributed by atoms with Crippen molar-refractivity contribution in [3.05, 3.63) is 48.0 Å². The van der Waals surface area contributed by atoms with E-state index in [-0.39, 0.29) is 11.9 Å². The first-order chi connectivity index (χ1) is 16.6. The highest BCUT2D eigenvalue weighted by Crippen LogP contribution is 2.31. The third-order valence-electron chi connectivity index (χ3n) is 6.47. The topological polar surface area (TPSA) is 69.3 Å². The normalized spacial score (nSPS) is 17.1. The van der Waals surface area contributed by atoms with Crippen LogP contribution < -0.4 is 24.3 Å². The molecule has 0 spiro atoms. The Morgan fingerprint density at radius 3 is 2.50 bits per heavy atom. The van der Waals surface area contributed by atoms with E-state index in [1.54, 1.807) is 7.11 Å². The molecule has 34 heavy (non-hydrogen) atoms. The molecular weight excluding hydrogens is 432 g/mol. The number of fused-ring (bicyclic) bond motifs is 1. The Hall–Kier alpha value is -2.93. The summed E-state index contributed by atoms with van der Waals surface area (Å²) in [5.74, 6) is 3.85. The van der Waals surface area contributed by atoms with E-state index in [0.29, 0.717) is 26.2 Å². The van der Waals surface area contributed by atoms with Gasteiger partial charge in [-0.1, -0.05) is 13.0 Å². The van der Waals surface area contributed by atoms with E-state index in [2.05, 4.69) is 23.2 Å². The molecule has 1 amide bonds. The molecule has 2 aliphatic heterocycles. The van der Waals surface area contributed by atoms with Crippen molar-refractivity contribution in [2.24, 2.45) is 5.92 Å². The van der Waals surface area contributed by atoms with Gasteiger partial charge in [0, 0.05) is 12.6 Å². The van der Waals surface area contributed by atoms with Gasteiger partial charge in [-0.3, -0.25) is 4.79 Å². The van der Waals surface area contributed by atoms with Crippen molar-refractivity contribution >= 4 is 5.91 Å². The molecule has 0 aliphatic carbocycles. The van der Waals surface area contributed by atoms with Crippen molar-refractivity contribution in [3.63, 3.8) is 0 Å². The van der Waals surface area contributed by atoms with E-state index < -0.39 is 0 Å². The smallest absolute Gasteiger partial charge is 0.223 e. The molecule has 7 heteroatoms. The summed E-state index contributed by atoms with van der Waals surface area (Å²) in [5.41, 5.74) is 1.13. The number of ether oxygens (including phenoxy) is 4. The van der Waals surface area contributed by atoms with E-state index in [4.69, 9.17) is 18.9 Å². The third-order valence-corrected chi connectivity index (χ3v) is 6.47. The molecule has 1 fully saturated rings. The summed E-state index contributed by atoms with van der Waals surface area (Å²) < 4.78 is 22.3. The maximum Gasteiger partial charge on any atom is 0.223 e. The molecule has 4 rings (SSSR count). The molecule has 0 radical (unpaired) electrons. The fourth-order valence-corrected chi connectivity index (χ4v) is 4.45. The lowest BCUT2D eigenvalue weighted by Gasteiger charge is -2.33. The van der Waals surface area contributed by atoms with Gasteiger partial charge in [0.2, 0.25) is 5.91 Å². The lowest BCUT2D eigenvalue weighted by molar-refractivity contribution is -0.122. The number of piperidine rings is 1. The minimum absolute atomic E-state index is 0.00133. The van der Waals surface area contributed by atoms with Gasteiger partial charge >= 0.3 is 0 Å². The van der Waals surface area contributed by atoms with Crippen LogP contribution in [0.25, 0.3) is 0 Å². The monoisotopic (exact) mass is 468 g/mol. The van der Waals surface area contributed by atoms with Crippen molar-refractivity contribution in [2.75, 3.05) is 46.6 Å². The maximum absolute atomic E-state index is 12.8. The van der Waals surface area contributed by atoms with Crippen LogP contribution in [0.1, 0.15) is 31.7 Å². The summed E-state index contributed by atoms with van der Waals surface area (Å²) in [6.07, 6.45) is 3.47. The third kappa shape index (κ3) is 7.03. The Morgan fingerprint density at radius 2 is 1.76 bits per heavy atom. The highest BCUT2D eigenvalue weighted by Gasteiger charge is 2.22. The minimum atomic E-state index is 0.00133. The second-order valence-electron chi connectivity index (χ2n) is 9.20. The minimum Gasteiger partial charge on any atom is -0.497 e. The van der Waals surface area contributed by atoms with Crippen LogP contribution in [-0.2, 0) is 11.2 Å². The predicted molar refractivity (Wildman–Crippen MR) is 131 cm³/mol. The molecule has 2 aliphatic rings. The number of amides is 1. The summed E-state index contributed by atoms with van der Waals surface area (Å²) in [6, 6.07) is 13.5. The number of nitrogens with zero attached hydrogens (tertiary/aromatic N) is 1. The van der Waals surface area contributed by atoms with Crippen molar-refractivity contribution < 1.29 is 23.7 Å². The van der Waals surface area contributed by atoms with Gasteiger partial charge in [0.05, 0.1) is 20.1 Å². The van der Waals surface area contributed by atoms with Gasteiger partial charge in [0.15, 0.2) is 11.5 Å². The van der Waals surface area contributed by atoms with Gasteiger partial charge in [-0.25, -0.2) is 0 Å². The highest BCUT2D eigenvalue weighted by molar-refractivity contribution is 5.76. The molecule has 7 nitrogen and oxygen atoms in total. The van der Waals surface area contributed by atoms with Crippen LogP contribution in [0.3, 0.4) is 0 Å². The summed E-state index contributed by atoms with van der Waals surface area (Å²) in [6.45, 7) is 6.79. The Labute approximate surface area is 202 Å². The van der Waals surface area contributed by atoms with Crippen LogP contribution in [0.15, 0.2) is 42.5 Å². The Kier molecular flexibility index (Phi) is 8.52. The molecule has 2 aromatic carbocycles. The van der Waals surface area contributed by atoms with Crippen LogP contribution in [0.5, 0.6) is 23.0 Å². The van der Waals surface area contributed by atoms with Crippen molar-refractivity contribution in [2.45, 2.75) is 38.6 Å². The van der Waals surface area contributed by atoms with E-state index in [9.17, 15) is 4.79 Å². The summed E-state index contributed by atoms with van der Waals surface area (Å²) in [5, 5.41) is 3.26. The molecule has 0 unspecified atom stereocenters. The zero-order valence-electron chi connectivity index (χ0n) is 20.3. The molecule has 1 N–H and O–H groups in total. The molecule has 2 heterocycles. The lowest BCUT2D eigenvalue weighted by atomic mass is 9.98. The Morgan fingerprint density at radius 1 is 1.06 bits per heavy atom. The first-order valence-corrected chi connectivity index (χ1v) is 12.3. The maximum atomic E-state index is 12.8. The zero-order chi connectivity index (χ0) is 23.8. The predicted octanol–water partition coefficient (Wildman–Crippen LogP) is 3.69. The average Bonchev–Trinajstić information content (AvgIpc) is 2.86. The summed E-state index contributed by atoms with van der Waals surface area (Å²) >= 11 is 0. The molecule has 0 aromatic heterocycles. The number of carbonyl (C=O) groups is 1. The second-order valence-corrected chi connectivity index (χ2v) is 9.20.